The number of carbonyl (C=O) groups excluding carboxylic acids is 3. The summed E-state index contributed by atoms with van der Waals surface area (Å²) < 4.78 is 38.7. The van der Waals surface area contributed by atoms with E-state index in [-0.39, 0.29) is 67.4 Å². The Morgan fingerprint density at radius 3 is 1.95 bits per heavy atom. The molecular formula is C53H39N15O9S. The summed E-state index contributed by atoms with van der Waals surface area (Å²) in [5.41, 5.74) is 7.24. The monoisotopic (exact) mass is 1060 g/mol. The molecule has 386 valence electrons. The number of nitriles is 1. The molecule has 0 aliphatic carbocycles. The minimum atomic E-state index is -3.97. The number of sulfone groups is 1. The smallest absolute Gasteiger partial charge is 0.337 e. The van der Waals surface area contributed by atoms with Crippen LogP contribution >= 0.6 is 0 Å². The summed E-state index contributed by atoms with van der Waals surface area (Å²) in [6, 6.07) is 31.1. The van der Waals surface area contributed by atoms with Gasteiger partial charge in [-0.2, -0.15) is 24.8 Å². The number of hydrazine groups is 1. The van der Waals surface area contributed by atoms with Gasteiger partial charge < -0.3 is 30.3 Å². The van der Waals surface area contributed by atoms with E-state index in [1.54, 1.807) is 72.8 Å². The largest absolute Gasteiger partial charge is 0.505 e. The van der Waals surface area contributed by atoms with Crippen molar-refractivity contribution in [2.24, 2.45) is 10.2 Å². The zero-order chi connectivity index (χ0) is 54.7. The quantitative estimate of drug-likeness (QED) is 0.0243. The lowest BCUT2D eigenvalue weighted by atomic mass is 9.98. The number of carbonyl (C=O) groups is 3. The maximum absolute atomic E-state index is 13.9. The standard InChI is InChI=1S/C53H39N15O9S/c1-76-37-17-15-36(16-18-37)62-49(71)40-22-31-7-4-5-8-38(31)43(45(40)69)63-66-48-42(78(3,74)75)28-60-68(48)53-57-25-34(26-58-53)30-9-10-32-23-41(50(72)61-35-13-11-29(12-14-35)51(73)77-2)46(70)44(39(32)21-30)64-65-47-33(24-54)27-59-67(47)52-55-19-6-20-56-52/h4-23,25-28,63,66,69-70H,1-3H3,(H,61,72)(H,62,71). The van der Waals surface area contributed by atoms with Gasteiger partial charge in [-0.3, -0.25) is 20.4 Å². The van der Waals surface area contributed by atoms with E-state index >= 15 is 0 Å². The number of aromatic hydroxyl groups is 2. The molecule has 4 aromatic heterocycles. The van der Waals surface area contributed by atoms with Gasteiger partial charge in [0.25, 0.3) is 23.7 Å². The number of amides is 2. The summed E-state index contributed by atoms with van der Waals surface area (Å²) in [6.45, 7) is 0. The fourth-order valence-corrected chi connectivity index (χ4v) is 8.80. The number of nitrogens with one attached hydrogen (secondary N) is 4. The first-order valence-corrected chi connectivity index (χ1v) is 24.9. The Hall–Kier alpha value is -11.1. The molecule has 0 unspecified atom stereocenters. The second-order valence-corrected chi connectivity index (χ2v) is 18.8. The normalized spacial score (nSPS) is 11.3. The number of esters is 1. The van der Waals surface area contributed by atoms with E-state index in [1.807, 2.05) is 6.07 Å². The number of nitrogens with zero attached hydrogens (tertiary/aromatic N) is 11. The molecule has 0 aliphatic heterocycles. The maximum atomic E-state index is 13.9. The van der Waals surface area contributed by atoms with E-state index in [0.717, 1.165) is 17.1 Å². The lowest BCUT2D eigenvalue weighted by molar-refractivity contribution is 0.0600. The molecule has 0 aliphatic rings. The van der Waals surface area contributed by atoms with Crippen molar-refractivity contribution in [3.8, 4) is 46.3 Å². The Labute approximate surface area is 441 Å². The highest BCUT2D eigenvalue weighted by atomic mass is 32.2. The Morgan fingerprint density at radius 1 is 0.667 bits per heavy atom. The summed E-state index contributed by atoms with van der Waals surface area (Å²) in [7, 11) is -1.20. The molecule has 0 saturated carbocycles. The van der Waals surface area contributed by atoms with Crippen molar-refractivity contribution in [1.82, 2.24) is 39.5 Å². The number of benzene rings is 6. The third kappa shape index (κ3) is 9.98. The number of hydrogen-bond donors (Lipinski definition) is 6. The van der Waals surface area contributed by atoms with Crippen molar-refractivity contribution in [2.75, 3.05) is 42.0 Å². The molecule has 78 heavy (non-hydrogen) atoms. The van der Waals surface area contributed by atoms with Gasteiger partial charge in [-0.05, 0) is 89.1 Å². The van der Waals surface area contributed by atoms with Crippen LogP contribution in [0.2, 0.25) is 0 Å². The zero-order valence-electron chi connectivity index (χ0n) is 40.9. The van der Waals surface area contributed by atoms with Gasteiger partial charge in [0, 0.05) is 58.8 Å². The number of phenolic OH excluding ortho intramolecular Hbond substituents is 2. The van der Waals surface area contributed by atoms with Gasteiger partial charge in [0.1, 0.15) is 33.7 Å². The Morgan fingerprint density at radius 2 is 1.29 bits per heavy atom. The molecule has 0 bridgehead atoms. The van der Waals surface area contributed by atoms with Gasteiger partial charge in [0.05, 0.1) is 43.3 Å². The number of ether oxygens (including phenoxy) is 2. The highest BCUT2D eigenvalue weighted by Gasteiger charge is 2.25. The first-order chi connectivity index (χ1) is 37.7. The average molecular weight is 1060 g/mol. The van der Waals surface area contributed by atoms with E-state index in [1.165, 1.54) is 86.3 Å². The van der Waals surface area contributed by atoms with Gasteiger partial charge in [0.15, 0.2) is 33.0 Å². The van der Waals surface area contributed by atoms with Crippen LogP contribution in [-0.4, -0.2) is 96.4 Å². The van der Waals surface area contributed by atoms with Crippen LogP contribution in [0.25, 0.3) is 44.6 Å². The molecule has 10 rings (SSSR count). The molecule has 0 spiro atoms. The van der Waals surface area contributed by atoms with E-state index in [2.05, 4.69) is 61.8 Å². The Kier molecular flexibility index (Phi) is 13.6. The Bertz CT molecular complexity index is 4180. The molecule has 0 fully saturated rings. The minimum absolute atomic E-state index is 0.00114. The van der Waals surface area contributed by atoms with E-state index in [0.29, 0.717) is 44.4 Å². The first kappa shape index (κ1) is 50.4. The molecule has 2 amide bonds. The number of phenols is 2. The minimum Gasteiger partial charge on any atom is -0.505 e. The molecule has 10 aromatic rings. The van der Waals surface area contributed by atoms with Crippen LogP contribution in [0.5, 0.6) is 17.2 Å². The average Bonchev–Trinajstić information content (AvgIpc) is 4.19. The van der Waals surface area contributed by atoms with Gasteiger partial charge in [-0.1, -0.05) is 36.4 Å². The van der Waals surface area contributed by atoms with Crippen LogP contribution in [0.4, 0.5) is 34.4 Å². The second kappa shape index (κ2) is 21.0. The number of azo groups is 1. The van der Waals surface area contributed by atoms with Gasteiger partial charge in [-0.25, -0.2) is 33.1 Å². The second-order valence-electron chi connectivity index (χ2n) is 16.8. The number of fused-ring (bicyclic) bond motifs is 2. The third-order valence-corrected chi connectivity index (χ3v) is 13.1. The summed E-state index contributed by atoms with van der Waals surface area (Å²) in [5.74, 6) is -2.62. The van der Waals surface area contributed by atoms with Crippen LogP contribution in [0.1, 0.15) is 36.6 Å². The van der Waals surface area contributed by atoms with E-state index in [4.69, 9.17) is 9.47 Å². The SMILES string of the molecule is COC(=O)c1ccc(NC(=O)c2cc3ccc(-c4cnc(-n5ncc(S(C)(=O)=O)c5NNc5c(O)c(C(=O)Nc6ccc(OC)cc6)cc6ccccc56)nc4)cc3c(N=Nc3c(C#N)cnn3-c3ncccn3)c2O)cc1. The number of aromatic nitrogens is 8. The van der Waals surface area contributed by atoms with Gasteiger partial charge in [-0.15, -0.1) is 10.2 Å². The Balaban J connectivity index is 0.993. The number of methoxy groups -OCH3 is 2. The number of anilines is 4. The van der Waals surface area contributed by atoms with Crippen LogP contribution in [0, 0.1) is 11.3 Å². The predicted molar refractivity (Wildman–Crippen MR) is 284 cm³/mol. The number of hydrogen-bond acceptors (Lipinski definition) is 20. The first-order valence-electron chi connectivity index (χ1n) is 23.0. The summed E-state index contributed by atoms with van der Waals surface area (Å²) in [6.07, 6.45) is 9.17. The molecule has 4 heterocycles. The molecule has 6 N–H and O–H groups in total. The van der Waals surface area contributed by atoms with Crippen molar-refractivity contribution in [3.63, 3.8) is 0 Å². The lowest BCUT2D eigenvalue weighted by Gasteiger charge is -2.18. The van der Waals surface area contributed by atoms with Crippen molar-refractivity contribution in [2.45, 2.75) is 4.90 Å². The third-order valence-electron chi connectivity index (χ3n) is 12.0. The molecule has 24 nitrogen and oxygen atoms in total. The highest BCUT2D eigenvalue weighted by Crippen LogP contribution is 2.42. The maximum Gasteiger partial charge on any atom is 0.337 e. The molecule has 0 saturated heterocycles. The summed E-state index contributed by atoms with van der Waals surface area (Å²) >= 11 is 0. The molecule has 25 heteroatoms. The molecular weight excluding hydrogens is 1020 g/mol. The van der Waals surface area contributed by atoms with Crippen LogP contribution in [0.3, 0.4) is 0 Å². The van der Waals surface area contributed by atoms with E-state index in [9.17, 15) is 38.3 Å². The molecule has 0 atom stereocenters. The van der Waals surface area contributed by atoms with Crippen molar-refractivity contribution < 1.29 is 42.5 Å². The van der Waals surface area contributed by atoms with Gasteiger partial charge >= 0.3 is 5.97 Å². The van der Waals surface area contributed by atoms with Crippen LogP contribution in [-0.2, 0) is 14.6 Å². The fourth-order valence-electron chi connectivity index (χ4n) is 8.07. The summed E-state index contributed by atoms with van der Waals surface area (Å²) in [5, 5.41) is 58.0. The van der Waals surface area contributed by atoms with E-state index < -0.39 is 39.1 Å². The van der Waals surface area contributed by atoms with Gasteiger partial charge in [0.2, 0.25) is 0 Å². The highest BCUT2D eigenvalue weighted by molar-refractivity contribution is 7.90. The molecule has 6 aromatic carbocycles. The fraction of sp³-hybridized carbons (Fsp3) is 0.0566. The predicted octanol–water partition coefficient (Wildman–Crippen LogP) is 8.45. The zero-order valence-corrected chi connectivity index (χ0v) is 41.8. The van der Waals surface area contributed by atoms with Crippen molar-refractivity contribution in [3.05, 3.63) is 169 Å². The molecule has 0 radical (unpaired) electrons. The number of rotatable bonds is 15. The lowest BCUT2D eigenvalue weighted by Crippen LogP contribution is -2.18. The topological polar surface area (TPSA) is 328 Å². The van der Waals surface area contributed by atoms with Crippen molar-refractivity contribution >= 4 is 83.6 Å². The van der Waals surface area contributed by atoms with Crippen molar-refractivity contribution in [1.29, 1.82) is 5.26 Å². The van der Waals surface area contributed by atoms with Crippen LogP contribution in [0.15, 0.2) is 161 Å². The van der Waals surface area contributed by atoms with Crippen LogP contribution < -0.4 is 26.2 Å². The summed E-state index contributed by atoms with van der Waals surface area (Å²) in [4.78, 5) is 56.7.